The lowest BCUT2D eigenvalue weighted by atomic mass is 10.2. The van der Waals surface area contributed by atoms with Crippen LogP contribution in [0.3, 0.4) is 0 Å². The van der Waals surface area contributed by atoms with E-state index in [4.69, 9.17) is 11.2 Å². The van der Waals surface area contributed by atoms with Crippen LogP contribution in [0.4, 0.5) is 0 Å². The summed E-state index contributed by atoms with van der Waals surface area (Å²) >= 11 is 0. The molecule has 1 fully saturated rings. The van der Waals surface area contributed by atoms with Gasteiger partial charge in [-0.25, -0.2) is 0 Å². The minimum Gasteiger partial charge on any atom is -0.375 e. The molecule has 1 rings (SSSR count). The van der Waals surface area contributed by atoms with Gasteiger partial charge in [0.1, 0.15) is 0 Å². The molecule has 1 atom stereocenters. The van der Waals surface area contributed by atoms with Gasteiger partial charge in [0.05, 0.1) is 25.7 Å². The van der Waals surface area contributed by atoms with Gasteiger partial charge in [-0.05, 0) is 0 Å². The fourth-order valence-corrected chi connectivity index (χ4v) is 1.18. The fourth-order valence-electron chi connectivity index (χ4n) is 1.18. The molecule has 1 aliphatic heterocycles. The molecule has 1 amide bonds. The molecule has 1 unspecified atom stereocenters. The summed E-state index contributed by atoms with van der Waals surface area (Å²) in [6, 6.07) is 0. The summed E-state index contributed by atoms with van der Waals surface area (Å²) in [5.74, 6) is 2.30. The van der Waals surface area contributed by atoms with Gasteiger partial charge >= 0.3 is 0 Å². The molecule has 4 nitrogen and oxygen atoms in total. The Bertz CT molecular complexity index is 204. The van der Waals surface area contributed by atoms with Crippen molar-refractivity contribution in [2.24, 2.45) is 0 Å². The van der Waals surface area contributed by atoms with Crippen LogP contribution in [0.25, 0.3) is 0 Å². The van der Waals surface area contributed by atoms with E-state index in [0.29, 0.717) is 19.6 Å². The summed E-state index contributed by atoms with van der Waals surface area (Å²) in [4.78, 5) is 11.2. The van der Waals surface area contributed by atoms with Gasteiger partial charge in [-0.15, -0.1) is 6.42 Å². The van der Waals surface area contributed by atoms with Crippen molar-refractivity contribution in [3.8, 4) is 12.3 Å². The second kappa shape index (κ2) is 5.57. The van der Waals surface area contributed by atoms with Gasteiger partial charge in [0.2, 0.25) is 5.91 Å². The number of carbonyl (C=O) groups excluding carboxylic acids is 1. The summed E-state index contributed by atoms with van der Waals surface area (Å²) in [5.41, 5.74) is 0. The standard InChI is InChI=1S/C9H14N2O2/c1-2-3-11-9(12)6-8-7-10-4-5-13-8/h1,8,10H,3-7H2,(H,11,12). The highest BCUT2D eigenvalue weighted by Gasteiger charge is 2.16. The number of carbonyl (C=O) groups is 1. The maximum absolute atomic E-state index is 11.2. The average molecular weight is 182 g/mol. The smallest absolute Gasteiger partial charge is 0.223 e. The first-order valence-corrected chi connectivity index (χ1v) is 4.35. The highest BCUT2D eigenvalue weighted by Crippen LogP contribution is 2.00. The second-order valence-electron chi connectivity index (χ2n) is 2.88. The molecule has 0 aromatic carbocycles. The van der Waals surface area contributed by atoms with Crippen molar-refractivity contribution in [3.05, 3.63) is 0 Å². The third kappa shape index (κ3) is 3.92. The van der Waals surface area contributed by atoms with Gasteiger partial charge in [-0.1, -0.05) is 5.92 Å². The normalized spacial score (nSPS) is 21.9. The Morgan fingerprint density at radius 2 is 2.62 bits per heavy atom. The minimum absolute atomic E-state index is 0.00785. The second-order valence-corrected chi connectivity index (χ2v) is 2.88. The van der Waals surface area contributed by atoms with E-state index >= 15 is 0 Å². The molecule has 0 aromatic rings. The van der Waals surface area contributed by atoms with E-state index < -0.39 is 0 Å². The number of hydrogen-bond donors (Lipinski definition) is 2. The predicted octanol–water partition coefficient (Wildman–Crippen LogP) is -0.886. The Kier molecular flexibility index (Phi) is 4.30. The Morgan fingerprint density at radius 3 is 3.23 bits per heavy atom. The van der Waals surface area contributed by atoms with Crippen molar-refractivity contribution in [1.82, 2.24) is 10.6 Å². The zero-order valence-corrected chi connectivity index (χ0v) is 7.51. The van der Waals surface area contributed by atoms with Crippen molar-refractivity contribution in [1.29, 1.82) is 0 Å². The maximum Gasteiger partial charge on any atom is 0.223 e. The van der Waals surface area contributed by atoms with Crippen LogP contribution in [0.1, 0.15) is 6.42 Å². The number of amides is 1. The molecule has 13 heavy (non-hydrogen) atoms. The number of ether oxygens (including phenoxy) is 1. The van der Waals surface area contributed by atoms with Gasteiger partial charge in [-0.3, -0.25) is 4.79 Å². The average Bonchev–Trinajstić information content (AvgIpc) is 2.16. The summed E-state index contributed by atoms with van der Waals surface area (Å²) in [6.07, 6.45) is 5.38. The van der Waals surface area contributed by atoms with Gasteiger partial charge in [0.15, 0.2) is 0 Å². The molecule has 2 N–H and O–H groups in total. The number of terminal acetylenes is 1. The van der Waals surface area contributed by atoms with E-state index in [9.17, 15) is 4.79 Å². The molecule has 0 spiro atoms. The largest absolute Gasteiger partial charge is 0.375 e. The van der Waals surface area contributed by atoms with Gasteiger partial charge in [0.25, 0.3) is 0 Å². The van der Waals surface area contributed by atoms with Gasteiger partial charge < -0.3 is 15.4 Å². The first-order chi connectivity index (χ1) is 6.33. The number of nitrogens with one attached hydrogen (secondary N) is 2. The Hall–Kier alpha value is -1.05. The SMILES string of the molecule is C#CCNC(=O)CC1CNCCO1. The van der Waals surface area contributed by atoms with Crippen molar-refractivity contribution in [2.45, 2.75) is 12.5 Å². The summed E-state index contributed by atoms with van der Waals surface area (Å²) in [5, 5.41) is 5.75. The molecule has 0 aliphatic carbocycles. The van der Waals surface area contributed by atoms with Crippen LogP contribution in [0, 0.1) is 12.3 Å². The molecule has 1 saturated heterocycles. The van der Waals surface area contributed by atoms with Crippen LogP contribution < -0.4 is 10.6 Å². The van der Waals surface area contributed by atoms with Crippen LogP contribution in [0.15, 0.2) is 0 Å². The Labute approximate surface area is 78.0 Å². The lowest BCUT2D eigenvalue weighted by Crippen LogP contribution is -2.41. The Morgan fingerprint density at radius 1 is 1.77 bits per heavy atom. The number of hydrogen-bond acceptors (Lipinski definition) is 3. The summed E-state index contributed by atoms with van der Waals surface area (Å²) in [7, 11) is 0. The third-order valence-electron chi connectivity index (χ3n) is 1.81. The quantitative estimate of drug-likeness (QED) is 0.557. The van der Waals surface area contributed by atoms with E-state index in [1.165, 1.54) is 0 Å². The lowest BCUT2D eigenvalue weighted by molar-refractivity contribution is -0.124. The van der Waals surface area contributed by atoms with E-state index in [-0.39, 0.29) is 12.0 Å². The van der Waals surface area contributed by atoms with Crippen LogP contribution in [-0.2, 0) is 9.53 Å². The van der Waals surface area contributed by atoms with E-state index in [2.05, 4.69) is 16.6 Å². The molecule has 1 aliphatic rings. The van der Waals surface area contributed by atoms with Crippen LogP contribution in [-0.4, -0.2) is 38.3 Å². The zero-order valence-electron chi connectivity index (χ0n) is 7.51. The first-order valence-electron chi connectivity index (χ1n) is 4.35. The van der Waals surface area contributed by atoms with Crippen LogP contribution in [0.2, 0.25) is 0 Å². The van der Waals surface area contributed by atoms with Crippen molar-refractivity contribution < 1.29 is 9.53 Å². The molecular weight excluding hydrogens is 168 g/mol. The van der Waals surface area contributed by atoms with E-state index in [1.54, 1.807) is 0 Å². The molecular formula is C9H14N2O2. The zero-order chi connectivity index (χ0) is 9.52. The molecule has 0 aromatic heterocycles. The molecule has 0 bridgehead atoms. The van der Waals surface area contributed by atoms with Crippen molar-refractivity contribution in [3.63, 3.8) is 0 Å². The first kappa shape index (κ1) is 10.0. The molecule has 72 valence electrons. The highest BCUT2D eigenvalue weighted by atomic mass is 16.5. The maximum atomic E-state index is 11.2. The van der Waals surface area contributed by atoms with Crippen molar-refractivity contribution >= 4 is 5.91 Å². The van der Waals surface area contributed by atoms with E-state index in [1.807, 2.05) is 0 Å². The lowest BCUT2D eigenvalue weighted by Gasteiger charge is -2.22. The summed E-state index contributed by atoms with van der Waals surface area (Å²) in [6.45, 7) is 2.57. The van der Waals surface area contributed by atoms with E-state index in [0.717, 1.165) is 13.1 Å². The minimum atomic E-state index is -0.0494. The van der Waals surface area contributed by atoms with Crippen LogP contribution in [0.5, 0.6) is 0 Å². The molecule has 4 heteroatoms. The molecule has 0 radical (unpaired) electrons. The Balaban J connectivity index is 2.15. The predicted molar refractivity (Wildman–Crippen MR) is 49.1 cm³/mol. The fraction of sp³-hybridized carbons (Fsp3) is 0.667. The molecule has 0 saturated carbocycles. The third-order valence-corrected chi connectivity index (χ3v) is 1.81. The van der Waals surface area contributed by atoms with Gasteiger partial charge in [0, 0.05) is 13.1 Å². The molecule has 1 heterocycles. The van der Waals surface area contributed by atoms with Crippen LogP contribution >= 0.6 is 0 Å². The summed E-state index contributed by atoms with van der Waals surface area (Å²) < 4.78 is 5.35. The number of morpholine rings is 1. The van der Waals surface area contributed by atoms with Gasteiger partial charge in [-0.2, -0.15) is 0 Å². The topological polar surface area (TPSA) is 50.4 Å². The monoisotopic (exact) mass is 182 g/mol. The number of rotatable bonds is 3. The van der Waals surface area contributed by atoms with Crippen molar-refractivity contribution in [2.75, 3.05) is 26.2 Å². The highest BCUT2D eigenvalue weighted by molar-refractivity contribution is 5.76.